The first-order valence-corrected chi connectivity index (χ1v) is 10.7. The molecule has 1 amide bonds. The Kier molecular flexibility index (Phi) is 5.71. The van der Waals surface area contributed by atoms with Gasteiger partial charge in [-0.15, -0.1) is 11.3 Å². The second kappa shape index (κ2) is 8.57. The number of hydrogen-bond acceptors (Lipinski definition) is 4. The van der Waals surface area contributed by atoms with E-state index in [2.05, 4.69) is 33.9 Å². The molecule has 3 aromatic heterocycles. The molecule has 0 bridgehead atoms. The molecule has 4 rings (SSSR count). The molecule has 29 heavy (non-hydrogen) atoms. The fourth-order valence-corrected chi connectivity index (χ4v) is 4.37. The number of pyridine rings is 1. The molecule has 0 aliphatic carbocycles. The Balaban J connectivity index is 1.56. The second-order valence-electron chi connectivity index (χ2n) is 7.12. The molecular weight excluding hydrogens is 380 g/mol. The van der Waals surface area contributed by atoms with E-state index in [0.717, 1.165) is 33.7 Å². The molecule has 5 nitrogen and oxygen atoms in total. The Morgan fingerprint density at radius 3 is 2.66 bits per heavy atom. The van der Waals surface area contributed by atoms with Gasteiger partial charge in [0.2, 0.25) is 5.91 Å². The number of amides is 1. The smallest absolute Gasteiger partial charge is 0.225 e. The molecule has 0 saturated carbocycles. The van der Waals surface area contributed by atoms with Gasteiger partial charge in [0.1, 0.15) is 5.82 Å². The highest BCUT2D eigenvalue weighted by Crippen LogP contribution is 2.26. The lowest BCUT2D eigenvalue weighted by molar-refractivity contribution is -0.125. The zero-order valence-electron chi connectivity index (χ0n) is 16.6. The average Bonchev–Trinajstić information content (AvgIpc) is 3.41. The quantitative estimate of drug-likeness (QED) is 0.490. The predicted molar refractivity (Wildman–Crippen MR) is 117 cm³/mol. The van der Waals surface area contributed by atoms with Crippen LogP contribution < -0.4 is 5.32 Å². The van der Waals surface area contributed by atoms with Gasteiger partial charge < -0.3 is 9.88 Å². The number of rotatable bonds is 7. The summed E-state index contributed by atoms with van der Waals surface area (Å²) < 4.78 is 2.17. The van der Waals surface area contributed by atoms with Crippen LogP contribution >= 0.6 is 11.3 Å². The monoisotopic (exact) mass is 404 g/mol. The Morgan fingerprint density at radius 2 is 1.93 bits per heavy atom. The first-order valence-electron chi connectivity index (χ1n) is 9.85. The van der Waals surface area contributed by atoms with Crippen LogP contribution in [0.5, 0.6) is 0 Å². The molecule has 6 heteroatoms. The van der Waals surface area contributed by atoms with Crippen LogP contribution in [0.1, 0.15) is 36.2 Å². The van der Waals surface area contributed by atoms with E-state index in [9.17, 15) is 4.79 Å². The molecule has 0 saturated heterocycles. The minimum atomic E-state index is -0.192. The van der Waals surface area contributed by atoms with Crippen LogP contribution in [0.4, 0.5) is 0 Å². The minimum absolute atomic E-state index is 0.0278. The van der Waals surface area contributed by atoms with Crippen molar-refractivity contribution in [3.05, 3.63) is 82.6 Å². The minimum Gasteiger partial charge on any atom is -0.344 e. The van der Waals surface area contributed by atoms with E-state index in [0.29, 0.717) is 6.54 Å². The number of imidazole rings is 1. The predicted octanol–water partition coefficient (Wildman–Crippen LogP) is 4.60. The van der Waals surface area contributed by atoms with Crippen molar-refractivity contribution in [3.8, 4) is 0 Å². The van der Waals surface area contributed by atoms with Gasteiger partial charge in [0, 0.05) is 30.2 Å². The van der Waals surface area contributed by atoms with Crippen molar-refractivity contribution >= 4 is 28.3 Å². The molecule has 4 aromatic rings. The van der Waals surface area contributed by atoms with Crippen molar-refractivity contribution in [1.82, 2.24) is 19.9 Å². The second-order valence-corrected chi connectivity index (χ2v) is 8.10. The molecule has 0 spiro atoms. The summed E-state index contributed by atoms with van der Waals surface area (Å²) in [7, 11) is 0. The summed E-state index contributed by atoms with van der Waals surface area (Å²) in [4.78, 5) is 23.1. The standard InChI is InChI=1S/C23H24N4OS/c1-3-21-25-18-7-4-5-8-19(18)27(21)15-16(2)23(28)26-22(20-9-6-14-29-20)17-10-12-24-13-11-17/h4-14,16,22H,3,15H2,1-2H3,(H,26,28). The summed E-state index contributed by atoms with van der Waals surface area (Å²) >= 11 is 1.64. The SMILES string of the molecule is CCc1nc2ccccc2n1CC(C)C(=O)NC(c1ccncc1)c1cccs1. The highest BCUT2D eigenvalue weighted by atomic mass is 32.1. The fourth-order valence-electron chi connectivity index (χ4n) is 3.57. The first-order chi connectivity index (χ1) is 14.2. The van der Waals surface area contributed by atoms with Gasteiger partial charge in [-0.3, -0.25) is 9.78 Å². The third kappa shape index (κ3) is 4.07. The summed E-state index contributed by atoms with van der Waals surface area (Å²) in [5.41, 5.74) is 3.09. The van der Waals surface area contributed by atoms with Gasteiger partial charge in [-0.05, 0) is 41.3 Å². The number of benzene rings is 1. The summed E-state index contributed by atoms with van der Waals surface area (Å²) in [5, 5.41) is 5.28. The first kappa shape index (κ1) is 19.3. The van der Waals surface area contributed by atoms with Crippen molar-refractivity contribution in [1.29, 1.82) is 0 Å². The van der Waals surface area contributed by atoms with Crippen LogP contribution in [-0.2, 0) is 17.8 Å². The molecule has 0 aliphatic heterocycles. The van der Waals surface area contributed by atoms with Gasteiger partial charge in [0.15, 0.2) is 0 Å². The maximum absolute atomic E-state index is 13.1. The molecular formula is C23H24N4OS. The van der Waals surface area contributed by atoms with E-state index in [1.54, 1.807) is 23.7 Å². The summed E-state index contributed by atoms with van der Waals surface area (Å²) in [6, 6.07) is 15.9. The highest BCUT2D eigenvalue weighted by molar-refractivity contribution is 7.10. The maximum Gasteiger partial charge on any atom is 0.225 e. The Morgan fingerprint density at radius 1 is 1.14 bits per heavy atom. The molecule has 3 heterocycles. The van der Waals surface area contributed by atoms with Crippen molar-refractivity contribution in [2.45, 2.75) is 32.9 Å². The topological polar surface area (TPSA) is 59.8 Å². The van der Waals surface area contributed by atoms with Crippen molar-refractivity contribution in [2.24, 2.45) is 5.92 Å². The van der Waals surface area contributed by atoms with Crippen LogP contribution in [-0.4, -0.2) is 20.4 Å². The highest BCUT2D eigenvalue weighted by Gasteiger charge is 2.23. The molecule has 0 aliphatic rings. The number of para-hydroxylation sites is 2. The number of hydrogen-bond donors (Lipinski definition) is 1. The van der Waals surface area contributed by atoms with Gasteiger partial charge in [-0.25, -0.2) is 4.98 Å². The number of nitrogens with zero attached hydrogens (tertiary/aromatic N) is 3. The molecule has 2 atom stereocenters. The molecule has 2 unspecified atom stereocenters. The van der Waals surface area contributed by atoms with E-state index in [1.807, 2.05) is 48.7 Å². The number of aromatic nitrogens is 3. The summed E-state index contributed by atoms with van der Waals surface area (Å²) in [6.45, 7) is 4.67. The van der Waals surface area contributed by atoms with E-state index < -0.39 is 0 Å². The molecule has 0 radical (unpaired) electrons. The Hall–Kier alpha value is -2.99. The van der Waals surface area contributed by atoms with E-state index >= 15 is 0 Å². The van der Waals surface area contributed by atoms with Gasteiger partial charge in [-0.2, -0.15) is 0 Å². The fraction of sp³-hybridized carbons (Fsp3) is 0.261. The molecule has 1 aromatic carbocycles. The van der Waals surface area contributed by atoms with Crippen LogP contribution in [0.15, 0.2) is 66.3 Å². The van der Waals surface area contributed by atoms with E-state index in [1.165, 1.54) is 0 Å². The lowest BCUT2D eigenvalue weighted by Gasteiger charge is -2.21. The Labute approximate surface area is 174 Å². The van der Waals surface area contributed by atoms with E-state index in [-0.39, 0.29) is 17.9 Å². The van der Waals surface area contributed by atoms with Gasteiger partial charge in [0.25, 0.3) is 0 Å². The third-order valence-corrected chi connectivity index (χ3v) is 6.04. The van der Waals surface area contributed by atoms with Crippen LogP contribution in [0.3, 0.4) is 0 Å². The van der Waals surface area contributed by atoms with Gasteiger partial charge in [0.05, 0.1) is 23.0 Å². The van der Waals surface area contributed by atoms with E-state index in [4.69, 9.17) is 4.98 Å². The van der Waals surface area contributed by atoms with Gasteiger partial charge in [-0.1, -0.05) is 32.0 Å². The van der Waals surface area contributed by atoms with Crippen molar-refractivity contribution in [2.75, 3.05) is 0 Å². The summed E-state index contributed by atoms with van der Waals surface area (Å²) in [6.07, 6.45) is 4.35. The third-order valence-electron chi connectivity index (χ3n) is 5.11. The number of carbonyl (C=O) groups excluding carboxylic acids is 1. The van der Waals surface area contributed by atoms with Crippen LogP contribution in [0.25, 0.3) is 11.0 Å². The Bertz CT molecular complexity index is 1090. The van der Waals surface area contributed by atoms with Crippen molar-refractivity contribution < 1.29 is 4.79 Å². The summed E-state index contributed by atoms with van der Waals surface area (Å²) in [5.74, 6) is 0.844. The molecule has 0 fully saturated rings. The number of carbonyl (C=O) groups is 1. The van der Waals surface area contributed by atoms with Crippen molar-refractivity contribution in [3.63, 3.8) is 0 Å². The number of nitrogens with one attached hydrogen (secondary N) is 1. The molecule has 148 valence electrons. The number of thiophene rings is 1. The lowest BCUT2D eigenvalue weighted by Crippen LogP contribution is -2.35. The zero-order chi connectivity index (χ0) is 20.2. The average molecular weight is 405 g/mol. The maximum atomic E-state index is 13.1. The normalized spacial score (nSPS) is 13.3. The molecule has 1 N–H and O–H groups in total. The van der Waals surface area contributed by atoms with Crippen LogP contribution in [0.2, 0.25) is 0 Å². The number of fused-ring (bicyclic) bond motifs is 1. The largest absolute Gasteiger partial charge is 0.344 e. The van der Waals surface area contributed by atoms with Crippen LogP contribution in [0, 0.1) is 5.92 Å². The zero-order valence-corrected chi connectivity index (χ0v) is 17.4. The van der Waals surface area contributed by atoms with Gasteiger partial charge >= 0.3 is 0 Å². The number of aryl methyl sites for hydroxylation is 1. The lowest BCUT2D eigenvalue weighted by atomic mass is 10.0.